The Kier molecular flexibility index (Phi) is 4.93. The van der Waals surface area contributed by atoms with Crippen molar-refractivity contribution in [3.05, 3.63) is 35.4 Å². The van der Waals surface area contributed by atoms with Crippen molar-refractivity contribution in [1.29, 1.82) is 0 Å². The van der Waals surface area contributed by atoms with Crippen LogP contribution in [0.25, 0.3) is 6.08 Å². The van der Waals surface area contributed by atoms with Gasteiger partial charge in [0.15, 0.2) is 5.78 Å². The van der Waals surface area contributed by atoms with Gasteiger partial charge in [-0.25, -0.2) is 4.79 Å². The molecular weight excluding hydrogens is 330 g/mol. The zero-order valence-electron chi connectivity index (χ0n) is 16.0. The predicted octanol–water partition coefficient (Wildman–Crippen LogP) is 3.47. The van der Waals surface area contributed by atoms with Crippen molar-refractivity contribution in [3.8, 4) is 5.75 Å². The van der Waals surface area contributed by atoms with E-state index in [1.165, 1.54) is 6.08 Å². The van der Waals surface area contributed by atoms with Crippen LogP contribution in [0.4, 0.5) is 0 Å². The maximum absolute atomic E-state index is 12.7. The minimum absolute atomic E-state index is 0.114. The molecule has 140 valence electrons. The smallest absolute Gasteiger partial charge is 0.331 e. The number of benzene rings is 1. The molecule has 0 amide bonds. The van der Waals surface area contributed by atoms with Gasteiger partial charge in [-0.3, -0.25) is 4.79 Å². The van der Waals surface area contributed by atoms with E-state index in [0.29, 0.717) is 17.7 Å². The number of rotatable bonds is 2. The van der Waals surface area contributed by atoms with E-state index in [4.69, 9.17) is 9.47 Å². The van der Waals surface area contributed by atoms with Gasteiger partial charge in [0.05, 0.1) is 12.0 Å². The molecule has 2 aliphatic heterocycles. The highest BCUT2D eigenvalue weighted by molar-refractivity contribution is 6.01. The fourth-order valence-electron chi connectivity index (χ4n) is 3.42. The van der Waals surface area contributed by atoms with Crippen molar-refractivity contribution in [2.75, 3.05) is 20.1 Å². The molecule has 26 heavy (non-hydrogen) atoms. The number of carbonyl (C=O) groups is 2. The standard InChI is InChI=1S/C21H27NO4/c1-20(2,3)26-19(24)8-6-15-5-7-18-16(13-15)17(23)14-21(25-18)9-11-22(4)12-10-21/h5-8,13H,9-12,14H2,1-4H3. The lowest BCUT2D eigenvalue weighted by Gasteiger charge is -2.43. The third kappa shape index (κ3) is 4.33. The average molecular weight is 357 g/mol. The summed E-state index contributed by atoms with van der Waals surface area (Å²) >= 11 is 0. The largest absolute Gasteiger partial charge is 0.486 e. The molecule has 0 radical (unpaired) electrons. The monoisotopic (exact) mass is 357 g/mol. The quantitative estimate of drug-likeness (QED) is 0.599. The Bertz CT molecular complexity index is 737. The first-order chi connectivity index (χ1) is 12.2. The number of esters is 1. The second-order valence-corrected chi connectivity index (χ2v) is 8.31. The van der Waals surface area contributed by atoms with Gasteiger partial charge in [0, 0.05) is 32.0 Å². The summed E-state index contributed by atoms with van der Waals surface area (Å²) in [5.74, 6) is 0.367. The minimum Gasteiger partial charge on any atom is -0.486 e. The molecule has 5 heteroatoms. The van der Waals surface area contributed by atoms with Gasteiger partial charge < -0.3 is 14.4 Å². The van der Waals surface area contributed by atoms with Gasteiger partial charge in [-0.05, 0) is 51.6 Å². The highest BCUT2D eigenvalue weighted by Crippen LogP contribution is 2.39. The van der Waals surface area contributed by atoms with E-state index < -0.39 is 11.6 Å². The normalized spacial score (nSPS) is 20.1. The highest BCUT2D eigenvalue weighted by Gasteiger charge is 2.42. The lowest BCUT2D eigenvalue weighted by molar-refractivity contribution is -0.148. The van der Waals surface area contributed by atoms with E-state index in [9.17, 15) is 9.59 Å². The van der Waals surface area contributed by atoms with Crippen molar-refractivity contribution < 1.29 is 19.1 Å². The van der Waals surface area contributed by atoms with E-state index in [1.54, 1.807) is 12.1 Å². The Morgan fingerprint density at radius 1 is 1.27 bits per heavy atom. The molecule has 1 spiro atoms. The summed E-state index contributed by atoms with van der Waals surface area (Å²) < 4.78 is 11.5. The lowest BCUT2D eigenvalue weighted by Crippen LogP contribution is -2.50. The molecule has 0 aliphatic carbocycles. The van der Waals surface area contributed by atoms with E-state index in [0.717, 1.165) is 31.5 Å². The molecule has 0 N–H and O–H groups in total. The summed E-state index contributed by atoms with van der Waals surface area (Å²) in [7, 11) is 2.09. The molecule has 1 fully saturated rings. The fraction of sp³-hybridized carbons (Fsp3) is 0.524. The van der Waals surface area contributed by atoms with Gasteiger partial charge in [-0.1, -0.05) is 6.07 Å². The fourth-order valence-corrected chi connectivity index (χ4v) is 3.42. The number of likely N-dealkylation sites (tertiary alicyclic amines) is 1. The number of hydrogen-bond donors (Lipinski definition) is 0. The molecule has 3 rings (SSSR count). The van der Waals surface area contributed by atoms with Crippen molar-refractivity contribution in [3.63, 3.8) is 0 Å². The van der Waals surface area contributed by atoms with Crippen molar-refractivity contribution in [2.45, 2.75) is 51.2 Å². The van der Waals surface area contributed by atoms with Crippen molar-refractivity contribution in [1.82, 2.24) is 4.90 Å². The summed E-state index contributed by atoms with van der Waals surface area (Å²) in [5.41, 5.74) is 0.500. The Balaban J connectivity index is 1.74. The van der Waals surface area contributed by atoms with Crippen LogP contribution in [0.2, 0.25) is 0 Å². The molecule has 0 bridgehead atoms. The van der Waals surface area contributed by atoms with Crippen molar-refractivity contribution >= 4 is 17.8 Å². The Morgan fingerprint density at radius 3 is 2.62 bits per heavy atom. The van der Waals surface area contributed by atoms with Crippen LogP contribution in [0, 0.1) is 0 Å². The Morgan fingerprint density at radius 2 is 1.96 bits per heavy atom. The Labute approximate surface area is 155 Å². The van der Waals surface area contributed by atoms with E-state index >= 15 is 0 Å². The molecule has 1 saturated heterocycles. The number of piperidine rings is 1. The van der Waals surface area contributed by atoms with Gasteiger partial charge in [-0.2, -0.15) is 0 Å². The first-order valence-electron chi connectivity index (χ1n) is 9.12. The second kappa shape index (κ2) is 6.88. The van der Waals surface area contributed by atoms with E-state index in [1.807, 2.05) is 32.9 Å². The number of fused-ring (bicyclic) bond motifs is 1. The summed E-state index contributed by atoms with van der Waals surface area (Å²) in [4.78, 5) is 26.8. The van der Waals surface area contributed by atoms with Gasteiger partial charge >= 0.3 is 5.97 Å². The third-order valence-electron chi connectivity index (χ3n) is 4.83. The number of carbonyl (C=O) groups excluding carboxylic acids is 2. The maximum Gasteiger partial charge on any atom is 0.331 e. The van der Waals surface area contributed by atoms with Crippen LogP contribution in [-0.2, 0) is 9.53 Å². The van der Waals surface area contributed by atoms with Crippen LogP contribution in [0.3, 0.4) is 0 Å². The number of Topliss-reactive ketones (excluding diaryl/α,β-unsaturated/α-hetero) is 1. The molecule has 0 unspecified atom stereocenters. The summed E-state index contributed by atoms with van der Waals surface area (Å²) in [6, 6.07) is 5.49. The topological polar surface area (TPSA) is 55.8 Å². The molecule has 0 aromatic heterocycles. The molecule has 5 nitrogen and oxygen atoms in total. The number of nitrogens with zero attached hydrogens (tertiary/aromatic N) is 1. The van der Waals surface area contributed by atoms with E-state index in [-0.39, 0.29) is 11.4 Å². The SMILES string of the molecule is CN1CCC2(CC1)CC(=O)c1cc(C=CC(=O)OC(C)(C)C)ccc1O2. The predicted molar refractivity (Wildman–Crippen MR) is 100 cm³/mol. The van der Waals surface area contributed by atoms with Crippen molar-refractivity contribution in [2.24, 2.45) is 0 Å². The van der Waals surface area contributed by atoms with Crippen LogP contribution in [-0.4, -0.2) is 48.0 Å². The van der Waals surface area contributed by atoms with Gasteiger partial charge in [0.25, 0.3) is 0 Å². The number of ether oxygens (including phenoxy) is 2. The van der Waals surface area contributed by atoms with Gasteiger partial charge in [0.2, 0.25) is 0 Å². The number of ketones is 1. The van der Waals surface area contributed by atoms with Crippen LogP contribution in [0.15, 0.2) is 24.3 Å². The maximum atomic E-state index is 12.7. The molecule has 1 aromatic rings. The Hall–Kier alpha value is -2.14. The second-order valence-electron chi connectivity index (χ2n) is 8.31. The van der Waals surface area contributed by atoms with Crippen LogP contribution in [0.1, 0.15) is 56.0 Å². The van der Waals surface area contributed by atoms with Gasteiger partial charge in [-0.15, -0.1) is 0 Å². The lowest BCUT2D eigenvalue weighted by atomic mass is 9.82. The van der Waals surface area contributed by atoms with Gasteiger partial charge in [0.1, 0.15) is 17.0 Å². The molecule has 2 heterocycles. The minimum atomic E-state index is -0.524. The zero-order chi connectivity index (χ0) is 18.9. The summed E-state index contributed by atoms with van der Waals surface area (Å²) in [5, 5.41) is 0. The van der Waals surface area contributed by atoms with Crippen LogP contribution >= 0.6 is 0 Å². The third-order valence-corrected chi connectivity index (χ3v) is 4.83. The van der Waals surface area contributed by atoms with Crippen LogP contribution < -0.4 is 4.74 Å². The average Bonchev–Trinajstić information content (AvgIpc) is 2.55. The first-order valence-corrected chi connectivity index (χ1v) is 9.12. The molecule has 0 saturated carbocycles. The first kappa shape index (κ1) is 18.6. The molecular formula is C21H27NO4. The summed E-state index contributed by atoms with van der Waals surface area (Å²) in [6.07, 6.45) is 5.22. The zero-order valence-corrected chi connectivity index (χ0v) is 16.0. The van der Waals surface area contributed by atoms with E-state index in [2.05, 4.69) is 11.9 Å². The van der Waals surface area contributed by atoms with Crippen LogP contribution in [0.5, 0.6) is 5.75 Å². The molecule has 2 aliphatic rings. The molecule has 0 atom stereocenters. The number of hydrogen-bond acceptors (Lipinski definition) is 5. The highest BCUT2D eigenvalue weighted by atomic mass is 16.6. The molecule has 1 aromatic carbocycles. The summed E-state index contributed by atoms with van der Waals surface area (Å²) in [6.45, 7) is 7.37.